The molecule has 2 N–H and O–H groups in total. The van der Waals surface area contributed by atoms with Gasteiger partial charge in [0.1, 0.15) is 0 Å². The molecule has 0 amide bonds. The quantitative estimate of drug-likeness (QED) is 0.175. The number of hydrogen-bond donors (Lipinski definition) is 1. The van der Waals surface area contributed by atoms with Crippen molar-refractivity contribution in [2.75, 3.05) is 7.05 Å². The molecule has 278 valence electrons. The lowest BCUT2D eigenvalue weighted by molar-refractivity contribution is 0.120. The Labute approximate surface area is 299 Å². The van der Waals surface area contributed by atoms with Crippen molar-refractivity contribution in [2.45, 2.75) is 201 Å². The van der Waals surface area contributed by atoms with E-state index in [-0.39, 0.29) is 0 Å². The van der Waals surface area contributed by atoms with E-state index in [1.165, 1.54) is 100.0 Å². The average molecular weight is 656 g/mol. The van der Waals surface area contributed by atoms with Gasteiger partial charge in [0.05, 0.1) is 0 Å². The predicted octanol–water partition coefficient (Wildman–Crippen LogP) is 16.1. The van der Waals surface area contributed by atoms with Gasteiger partial charge in [-0.05, 0) is 149 Å². The van der Waals surface area contributed by atoms with Gasteiger partial charge < -0.3 is 5.73 Å². The van der Waals surface area contributed by atoms with Crippen molar-refractivity contribution in [3.63, 3.8) is 0 Å². The highest BCUT2D eigenvalue weighted by Gasteiger charge is 2.33. The van der Waals surface area contributed by atoms with Crippen LogP contribution >= 0.6 is 0 Å². The second-order valence-corrected chi connectivity index (χ2v) is 15.7. The molecule has 0 aromatic carbocycles. The van der Waals surface area contributed by atoms with Crippen LogP contribution in [-0.2, 0) is 0 Å². The molecular weight excluding hydrogens is 567 g/mol. The molecule has 0 aromatic rings. The van der Waals surface area contributed by atoms with Crippen molar-refractivity contribution in [3.05, 3.63) is 70.4 Å². The Kier molecular flexibility index (Phi) is 36.6. The molecule has 0 bridgehead atoms. The third-order valence-electron chi connectivity index (χ3n) is 8.23. The summed E-state index contributed by atoms with van der Waals surface area (Å²) in [5.74, 6) is 0.858. The molecule has 0 fully saturated rings. The monoisotopic (exact) mass is 656 g/mol. The van der Waals surface area contributed by atoms with E-state index in [4.69, 9.17) is 0 Å². The molecule has 0 spiro atoms. The van der Waals surface area contributed by atoms with Crippen LogP contribution in [0.15, 0.2) is 70.4 Å². The maximum atomic E-state index is 4.50. The molecule has 0 aromatic heterocycles. The molecule has 1 nitrogen and oxygen atoms in total. The smallest absolute Gasteiger partial charge is 0.0195 e. The second-order valence-electron chi connectivity index (χ2n) is 15.7. The first-order valence-corrected chi connectivity index (χ1v) is 19.5. The summed E-state index contributed by atoms with van der Waals surface area (Å²) in [5.41, 5.74) is 14.4. The Morgan fingerprint density at radius 1 is 0.745 bits per heavy atom. The molecule has 0 heterocycles. The molecule has 1 aliphatic carbocycles. The van der Waals surface area contributed by atoms with Crippen LogP contribution in [-0.4, -0.2) is 7.05 Å². The van der Waals surface area contributed by atoms with Gasteiger partial charge in [-0.1, -0.05) is 146 Å². The SMILES string of the molecule is C=C(CC)CC/C=C(\C)CCC=C(C)C.CC.CC(C)=CCC/C(C)=C/CCC1=CCC(C(C)(C)CC(C)(C)C)CC1.CCC.CN. The maximum Gasteiger partial charge on any atom is -0.0195 e. The first-order valence-electron chi connectivity index (χ1n) is 19.5. The van der Waals surface area contributed by atoms with E-state index in [0.717, 1.165) is 25.2 Å². The molecule has 1 heteroatoms. The lowest BCUT2D eigenvalue weighted by Crippen LogP contribution is -2.30. The van der Waals surface area contributed by atoms with Gasteiger partial charge in [-0.25, -0.2) is 0 Å². The molecule has 0 aliphatic heterocycles. The molecule has 1 rings (SSSR count). The molecule has 0 saturated heterocycles. The molecule has 1 unspecified atom stereocenters. The fraction of sp³-hybridized carbons (Fsp3) is 0.739. The predicted molar refractivity (Wildman–Crippen MR) is 223 cm³/mol. The van der Waals surface area contributed by atoms with E-state index in [0.29, 0.717) is 10.8 Å². The van der Waals surface area contributed by atoms with Crippen molar-refractivity contribution in [3.8, 4) is 0 Å². The zero-order chi connectivity index (χ0) is 37.5. The van der Waals surface area contributed by atoms with Crippen molar-refractivity contribution < 1.29 is 0 Å². The number of nitrogens with two attached hydrogens (primary N) is 1. The molecule has 1 aliphatic rings. The van der Waals surface area contributed by atoms with E-state index in [1.807, 2.05) is 13.8 Å². The summed E-state index contributed by atoms with van der Waals surface area (Å²) in [6.45, 7) is 39.8. The Morgan fingerprint density at radius 2 is 1.17 bits per heavy atom. The van der Waals surface area contributed by atoms with Crippen LogP contribution < -0.4 is 5.73 Å². The highest BCUT2D eigenvalue weighted by molar-refractivity contribution is 5.11. The van der Waals surface area contributed by atoms with Crippen molar-refractivity contribution in [1.29, 1.82) is 0 Å². The Bertz CT molecular complexity index is 886. The first kappa shape index (κ1) is 52.2. The lowest BCUT2D eigenvalue weighted by atomic mass is 9.65. The normalized spacial score (nSPS) is 14.7. The summed E-state index contributed by atoms with van der Waals surface area (Å²) in [6, 6.07) is 0. The minimum atomic E-state index is 0.432. The zero-order valence-electron chi connectivity index (χ0n) is 35.6. The Morgan fingerprint density at radius 3 is 1.53 bits per heavy atom. The maximum absolute atomic E-state index is 4.50. The summed E-state index contributed by atoms with van der Waals surface area (Å²) < 4.78 is 0. The van der Waals surface area contributed by atoms with Crippen LogP contribution in [0.2, 0.25) is 0 Å². The number of hydrogen-bond acceptors (Lipinski definition) is 1. The van der Waals surface area contributed by atoms with E-state index < -0.39 is 0 Å². The van der Waals surface area contributed by atoms with Gasteiger partial charge in [0, 0.05) is 0 Å². The van der Waals surface area contributed by atoms with Gasteiger partial charge in [0.25, 0.3) is 0 Å². The fourth-order valence-electron chi connectivity index (χ4n) is 5.92. The molecule has 1 atom stereocenters. The molecule has 0 saturated carbocycles. The van der Waals surface area contributed by atoms with Gasteiger partial charge in [0.15, 0.2) is 0 Å². The van der Waals surface area contributed by atoms with E-state index in [9.17, 15) is 0 Å². The van der Waals surface area contributed by atoms with Gasteiger partial charge >= 0.3 is 0 Å². The van der Waals surface area contributed by atoms with Gasteiger partial charge in [-0.15, -0.1) is 0 Å². The fourth-order valence-corrected chi connectivity index (χ4v) is 5.92. The Hall–Kier alpha value is -1.60. The summed E-state index contributed by atoms with van der Waals surface area (Å²) in [5, 5.41) is 0. The summed E-state index contributed by atoms with van der Waals surface area (Å²) >= 11 is 0. The summed E-state index contributed by atoms with van der Waals surface area (Å²) in [6.07, 6.45) is 29.3. The van der Waals surface area contributed by atoms with Crippen LogP contribution in [0.4, 0.5) is 0 Å². The highest BCUT2D eigenvalue weighted by atomic mass is 14.4. The van der Waals surface area contributed by atoms with E-state index in [2.05, 4.69) is 140 Å². The third-order valence-corrected chi connectivity index (χ3v) is 8.23. The van der Waals surface area contributed by atoms with E-state index >= 15 is 0 Å². The number of allylic oxidation sites excluding steroid dienone is 11. The van der Waals surface area contributed by atoms with Gasteiger partial charge in [-0.3, -0.25) is 0 Å². The number of rotatable bonds is 15. The Balaban J connectivity index is -0.000000358. The van der Waals surface area contributed by atoms with Gasteiger partial charge in [-0.2, -0.15) is 0 Å². The molecular formula is C46H89N. The van der Waals surface area contributed by atoms with Crippen molar-refractivity contribution >= 4 is 0 Å². The van der Waals surface area contributed by atoms with Crippen LogP contribution in [0, 0.1) is 16.7 Å². The summed E-state index contributed by atoms with van der Waals surface area (Å²) in [7, 11) is 1.50. The van der Waals surface area contributed by atoms with Crippen LogP contribution in [0.3, 0.4) is 0 Å². The second kappa shape index (κ2) is 32.9. The highest BCUT2D eigenvalue weighted by Crippen LogP contribution is 2.45. The first-order chi connectivity index (χ1) is 22.0. The largest absolute Gasteiger partial charge is 0.333 e. The zero-order valence-corrected chi connectivity index (χ0v) is 35.6. The van der Waals surface area contributed by atoms with E-state index in [1.54, 1.807) is 11.1 Å². The average Bonchev–Trinajstić information content (AvgIpc) is 2.98. The molecule has 0 radical (unpaired) electrons. The molecule has 47 heavy (non-hydrogen) atoms. The van der Waals surface area contributed by atoms with Crippen molar-refractivity contribution in [2.24, 2.45) is 22.5 Å². The topological polar surface area (TPSA) is 26.0 Å². The lowest BCUT2D eigenvalue weighted by Gasteiger charge is -2.40. The van der Waals surface area contributed by atoms with Gasteiger partial charge in [0.2, 0.25) is 0 Å². The van der Waals surface area contributed by atoms with Crippen LogP contribution in [0.25, 0.3) is 0 Å². The standard InChI is InChI=1S/C25H44.C15H26.C3H8.C2H6.CH5N/c1-20(2)11-9-12-21(3)13-10-14-22-15-17-23(18-16-22)25(7,8)19-24(4,5)6;1-6-14(4)10-8-12-15(5)11-7-9-13(2)3;1-3-2;2*1-2/h11,13,15,23H,9-10,12,14,16-19H2,1-8H3;9,12H,4,6-8,10-11H2,1-3,5H3;3H2,1-2H3;1-2H3;2H2,1H3/b21-13+;15-12+;;;. The summed E-state index contributed by atoms with van der Waals surface area (Å²) in [4.78, 5) is 0. The minimum Gasteiger partial charge on any atom is -0.333 e. The third kappa shape index (κ3) is 37.1. The van der Waals surface area contributed by atoms with Crippen LogP contribution in [0.1, 0.15) is 201 Å². The van der Waals surface area contributed by atoms with Crippen LogP contribution in [0.5, 0.6) is 0 Å². The minimum absolute atomic E-state index is 0.432. The van der Waals surface area contributed by atoms with Crippen molar-refractivity contribution in [1.82, 2.24) is 0 Å².